The molecule has 1 aromatic carbocycles. The van der Waals surface area contributed by atoms with Gasteiger partial charge < -0.3 is 5.32 Å². The number of halogens is 1. The number of hydrogen-bond donors (Lipinski definition) is 1. The van der Waals surface area contributed by atoms with E-state index in [1.54, 1.807) is 6.20 Å². The molecule has 0 saturated carbocycles. The molecule has 3 aromatic heterocycles. The number of nitrogens with one attached hydrogen (secondary N) is 1. The summed E-state index contributed by atoms with van der Waals surface area (Å²) in [6, 6.07) is 16.9. The molecule has 5 rings (SSSR count). The van der Waals surface area contributed by atoms with E-state index in [1.807, 2.05) is 23.0 Å². The van der Waals surface area contributed by atoms with Gasteiger partial charge in [-0.2, -0.15) is 9.61 Å². The first-order chi connectivity index (χ1) is 15.3. The summed E-state index contributed by atoms with van der Waals surface area (Å²) < 4.78 is 2.78. The number of pyridine rings is 1. The molecular formula is C24H25BrN6. The second-order valence-corrected chi connectivity index (χ2v) is 8.92. The Morgan fingerprint density at radius 1 is 1.06 bits per heavy atom. The average molecular weight is 477 g/mol. The molecule has 7 heteroatoms. The minimum atomic E-state index is 0.406. The second-order valence-electron chi connectivity index (χ2n) is 8.07. The Balaban J connectivity index is 1.39. The van der Waals surface area contributed by atoms with Crippen LogP contribution in [-0.2, 0) is 13.1 Å². The number of aromatic nitrogens is 4. The third-order valence-corrected chi connectivity index (χ3v) is 6.38. The molecule has 1 saturated heterocycles. The average Bonchev–Trinajstić information content (AvgIpc) is 3.20. The van der Waals surface area contributed by atoms with Gasteiger partial charge >= 0.3 is 0 Å². The normalized spacial score (nSPS) is 17.1. The lowest BCUT2D eigenvalue weighted by atomic mass is 9.94. The maximum absolute atomic E-state index is 4.99. The van der Waals surface area contributed by atoms with Gasteiger partial charge in [-0.15, -0.1) is 0 Å². The molecule has 0 bridgehead atoms. The van der Waals surface area contributed by atoms with Gasteiger partial charge in [0.1, 0.15) is 5.82 Å². The van der Waals surface area contributed by atoms with Crippen LogP contribution in [0.3, 0.4) is 0 Å². The van der Waals surface area contributed by atoms with Crippen LogP contribution in [0.25, 0.3) is 5.65 Å². The van der Waals surface area contributed by atoms with Crippen molar-refractivity contribution in [2.45, 2.75) is 31.8 Å². The first kappa shape index (κ1) is 20.2. The summed E-state index contributed by atoms with van der Waals surface area (Å²) in [4.78, 5) is 11.7. The fraction of sp³-hybridized carbons (Fsp3) is 0.292. The van der Waals surface area contributed by atoms with E-state index in [0.29, 0.717) is 12.5 Å². The molecule has 0 radical (unpaired) electrons. The fourth-order valence-electron chi connectivity index (χ4n) is 4.27. The molecule has 0 amide bonds. The van der Waals surface area contributed by atoms with Crippen molar-refractivity contribution in [1.82, 2.24) is 24.5 Å². The largest absolute Gasteiger partial charge is 0.366 e. The summed E-state index contributed by atoms with van der Waals surface area (Å²) in [7, 11) is 0. The molecule has 1 aliphatic rings. The molecular weight excluding hydrogens is 452 g/mol. The summed E-state index contributed by atoms with van der Waals surface area (Å²) in [6.07, 6.45) is 7.82. The molecule has 1 unspecified atom stereocenters. The van der Waals surface area contributed by atoms with Crippen molar-refractivity contribution in [3.63, 3.8) is 0 Å². The summed E-state index contributed by atoms with van der Waals surface area (Å²) in [6.45, 7) is 3.83. The van der Waals surface area contributed by atoms with E-state index in [4.69, 9.17) is 4.98 Å². The van der Waals surface area contributed by atoms with E-state index in [-0.39, 0.29) is 0 Å². The Bertz CT molecular complexity index is 1140. The first-order valence-electron chi connectivity index (χ1n) is 10.7. The van der Waals surface area contributed by atoms with Crippen LogP contribution in [0, 0.1) is 0 Å². The monoisotopic (exact) mass is 476 g/mol. The van der Waals surface area contributed by atoms with E-state index in [2.05, 4.69) is 78.7 Å². The number of hydrogen-bond acceptors (Lipinski definition) is 5. The highest BCUT2D eigenvalue weighted by atomic mass is 79.9. The molecule has 0 aliphatic carbocycles. The van der Waals surface area contributed by atoms with Crippen LogP contribution >= 0.6 is 15.9 Å². The number of likely N-dealkylation sites (tertiary alicyclic amines) is 1. The maximum atomic E-state index is 4.99. The molecule has 1 N–H and O–H groups in total. The smallest absolute Gasteiger partial charge is 0.171 e. The van der Waals surface area contributed by atoms with Crippen LogP contribution in [-0.4, -0.2) is 37.6 Å². The van der Waals surface area contributed by atoms with E-state index in [0.717, 1.165) is 53.3 Å². The number of nitrogens with zero attached hydrogens (tertiary/aromatic N) is 5. The van der Waals surface area contributed by atoms with E-state index in [1.165, 1.54) is 12.0 Å². The predicted molar refractivity (Wildman–Crippen MR) is 126 cm³/mol. The number of rotatable bonds is 6. The van der Waals surface area contributed by atoms with Gasteiger partial charge in [-0.3, -0.25) is 9.88 Å². The predicted octanol–water partition coefficient (Wildman–Crippen LogP) is 4.88. The number of piperidine rings is 1. The lowest BCUT2D eigenvalue weighted by molar-refractivity contribution is 0.198. The Kier molecular flexibility index (Phi) is 5.95. The molecule has 1 atom stereocenters. The Morgan fingerprint density at radius 3 is 2.77 bits per heavy atom. The summed E-state index contributed by atoms with van der Waals surface area (Å²) in [5.74, 6) is 1.36. The van der Waals surface area contributed by atoms with Gasteiger partial charge in [-0.05, 0) is 52.5 Å². The standard InChI is InChI=1S/C24H25BrN6/c25-21-15-28-31-23(27-14-19-8-4-10-26-13-19)12-22(29-24(21)31)20-9-5-11-30(17-20)16-18-6-2-1-3-7-18/h1-4,6-8,10,12-13,15,20,27H,5,9,11,14,16-17H2. The molecule has 31 heavy (non-hydrogen) atoms. The Morgan fingerprint density at radius 2 is 1.94 bits per heavy atom. The molecule has 4 heterocycles. The summed E-state index contributed by atoms with van der Waals surface area (Å²) >= 11 is 3.62. The van der Waals surface area contributed by atoms with Crippen molar-refractivity contribution in [2.75, 3.05) is 18.4 Å². The minimum Gasteiger partial charge on any atom is -0.366 e. The maximum Gasteiger partial charge on any atom is 0.171 e. The van der Waals surface area contributed by atoms with Crippen LogP contribution in [0.1, 0.15) is 35.6 Å². The third kappa shape index (κ3) is 4.62. The number of benzene rings is 1. The zero-order valence-corrected chi connectivity index (χ0v) is 18.9. The molecule has 0 spiro atoms. The van der Waals surface area contributed by atoms with Crippen molar-refractivity contribution in [2.24, 2.45) is 0 Å². The highest BCUT2D eigenvalue weighted by Gasteiger charge is 2.24. The molecule has 6 nitrogen and oxygen atoms in total. The highest BCUT2D eigenvalue weighted by molar-refractivity contribution is 9.10. The molecule has 1 fully saturated rings. The van der Waals surface area contributed by atoms with Crippen LogP contribution in [0.2, 0.25) is 0 Å². The lowest BCUT2D eigenvalue weighted by Crippen LogP contribution is -2.34. The highest BCUT2D eigenvalue weighted by Crippen LogP contribution is 2.30. The zero-order chi connectivity index (χ0) is 21.0. The number of anilines is 1. The van der Waals surface area contributed by atoms with Crippen molar-refractivity contribution >= 4 is 27.4 Å². The van der Waals surface area contributed by atoms with E-state index >= 15 is 0 Å². The SMILES string of the molecule is Brc1cnn2c(NCc3cccnc3)cc(C3CCCN(Cc4ccccc4)C3)nc12. The van der Waals surface area contributed by atoms with Crippen molar-refractivity contribution in [1.29, 1.82) is 0 Å². The Hall–Kier alpha value is -2.77. The van der Waals surface area contributed by atoms with E-state index < -0.39 is 0 Å². The third-order valence-electron chi connectivity index (χ3n) is 5.82. The van der Waals surface area contributed by atoms with Gasteiger partial charge in [0.15, 0.2) is 5.65 Å². The topological polar surface area (TPSA) is 58.4 Å². The summed E-state index contributed by atoms with van der Waals surface area (Å²) in [5.41, 5.74) is 4.47. The van der Waals surface area contributed by atoms with Crippen LogP contribution in [0.4, 0.5) is 5.82 Å². The molecule has 4 aromatic rings. The first-order valence-corrected chi connectivity index (χ1v) is 11.5. The van der Waals surface area contributed by atoms with Gasteiger partial charge in [0.25, 0.3) is 0 Å². The van der Waals surface area contributed by atoms with Gasteiger partial charge in [0.05, 0.1) is 16.4 Å². The van der Waals surface area contributed by atoms with Gasteiger partial charge in [-0.1, -0.05) is 36.4 Å². The second kappa shape index (κ2) is 9.16. The van der Waals surface area contributed by atoms with Gasteiger partial charge in [-0.25, -0.2) is 4.98 Å². The van der Waals surface area contributed by atoms with Crippen LogP contribution in [0.5, 0.6) is 0 Å². The lowest BCUT2D eigenvalue weighted by Gasteiger charge is -2.32. The van der Waals surface area contributed by atoms with Crippen molar-refractivity contribution in [3.05, 3.63) is 88.4 Å². The van der Waals surface area contributed by atoms with Crippen LogP contribution in [0.15, 0.2) is 71.6 Å². The Labute approximate surface area is 190 Å². The zero-order valence-electron chi connectivity index (χ0n) is 17.3. The quantitative estimate of drug-likeness (QED) is 0.429. The van der Waals surface area contributed by atoms with Gasteiger partial charge in [0, 0.05) is 44.0 Å². The molecule has 1 aliphatic heterocycles. The summed E-state index contributed by atoms with van der Waals surface area (Å²) in [5, 5.41) is 8.04. The molecule has 158 valence electrons. The van der Waals surface area contributed by atoms with E-state index in [9.17, 15) is 0 Å². The number of fused-ring (bicyclic) bond motifs is 1. The van der Waals surface area contributed by atoms with Gasteiger partial charge in [0.2, 0.25) is 0 Å². The minimum absolute atomic E-state index is 0.406. The van der Waals surface area contributed by atoms with Crippen molar-refractivity contribution in [3.8, 4) is 0 Å². The fourth-order valence-corrected chi connectivity index (χ4v) is 4.62. The van der Waals surface area contributed by atoms with Crippen LogP contribution < -0.4 is 5.32 Å². The van der Waals surface area contributed by atoms with Crippen molar-refractivity contribution < 1.29 is 0 Å².